The summed E-state index contributed by atoms with van der Waals surface area (Å²) in [7, 11) is 2.63. The van der Waals surface area contributed by atoms with E-state index in [-0.39, 0.29) is 23.5 Å². The first kappa shape index (κ1) is 19.7. The van der Waals surface area contributed by atoms with Gasteiger partial charge in [-0.2, -0.15) is 5.26 Å². The lowest BCUT2D eigenvalue weighted by Gasteiger charge is -2.50. The monoisotopic (exact) mass is 492 g/mol. The van der Waals surface area contributed by atoms with Gasteiger partial charge in [-0.1, -0.05) is 37.3 Å². The predicted octanol–water partition coefficient (Wildman–Crippen LogP) is 2.91. The molecule has 0 radical (unpaired) electrons. The molecule has 2 amide bonds. The van der Waals surface area contributed by atoms with E-state index in [1.54, 1.807) is 18.5 Å². The Balaban J connectivity index is 1.76. The fourth-order valence-corrected chi connectivity index (χ4v) is 4.08. The Labute approximate surface area is 174 Å². The highest BCUT2D eigenvalue weighted by Gasteiger charge is 2.48. The lowest BCUT2D eigenvalue weighted by atomic mass is 9.90. The van der Waals surface area contributed by atoms with Crippen LogP contribution in [0.15, 0.2) is 48.8 Å². The molecule has 3 rings (SSSR count). The van der Waals surface area contributed by atoms with Crippen LogP contribution in [0.4, 0.5) is 0 Å². The highest BCUT2D eigenvalue weighted by atomic mass is 127. The number of benzene rings is 1. The molecule has 0 aliphatic carbocycles. The number of rotatable bonds is 4. The SMILES string of the molecule is CC1(P)CN(C(=O)CN(I)C(=O)c2ccncc2-c2ccccc2)C1C#N. The third kappa shape index (κ3) is 3.97. The summed E-state index contributed by atoms with van der Waals surface area (Å²) in [6.45, 7) is 2.32. The number of hydrogen-bond donors (Lipinski definition) is 0. The van der Waals surface area contributed by atoms with Crippen molar-refractivity contribution in [3.63, 3.8) is 0 Å². The van der Waals surface area contributed by atoms with Gasteiger partial charge in [0.2, 0.25) is 5.91 Å². The van der Waals surface area contributed by atoms with Gasteiger partial charge >= 0.3 is 0 Å². The van der Waals surface area contributed by atoms with Crippen molar-refractivity contribution in [1.29, 1.82) is 5.26 Å². The standard InChI is InChI=1S/C19H18IN4O2P/c1-19(27)12-23(16(19)9-21)17(25)11-24(20)18(26)14-7-8-22-10-15(14)13-5-3-2-4-6-13/h2-8,10,16H,11-12,27H2,1H3. The summed E-state index contributed by atoms with van der Waals surface area (Å²) < 4.78 is 1.36. The van der Waals surface area contributed by atoms with Crippen LogP contribution in [0.5, 0.6) is 0 Å². The Bertz CT molecular complexity index is 913. The van der Waals surface area contributed by atoms with Crippen LogP contribution in [0.3, 0.4) is 0 Å². The van der Waals surface area contributed by atoms with Gasteiger partial charge in [0.15, 0.2) is 0 Å². The molecule has 0 bridgehead atoms. The lowest BCUT2D eigenvalue weighted by Crippen LogP contribution is -2.67. The zero-order valence-electron chi connectivity index (χ0n) is 14.7. The van der Waals surface area contributed by atoms with Gasteiger partial charge in [-0.3, -0.25) is 17.7 Å². The first-order valence-electron chi connectivity index (χ1n) is 8.30. The second-order valence-corrected chi connectivity index (χ2v) is 9.16. The van der Waals surface area contributed by atoms with Crippen molar-refractivity contribution in [3.05, 3.63) is 54.4 Å². The fourth-order valence-electron chi connectivity index (χ4n) is 3.08. The number of aromatic nitrogens is 1. The summed E-state index contributed by atoms with van der Waals surface area (Å²) in [5.41, 5.74) is 2.08. The second-order valence-electron chi connectivity index (χ2n) is 6.67. The van der Waals surface area contributed by atoms with Crippen LogP contribution in [0.25, 0.3) is 11.1 Å². The maximum Gasteiger partial charge on any atom is 0.263 e. The Morgan fingerprint density at radius 1 is 1.41 bits per heavy atom. The average Bonchev–Trinajstić information content (AvgIpc) is 2.66. The Hall–Kier alpha value is -2.04. The smallest absolute Gasteiger partial charge is 0.263 e. The molecular formula is C19H18IN4O2P. The van der Waals surface area contributed by atoms with Crippen LogP contribution in [0.1, 0.15) is 17.3 Å². The summed E-state index contributed by atoms with van der Waals surface area (Å²) in [6, 6.07) is 12.8. The third-order valence-corrected chi connectivity index (χ3v) is 5.80. The van der Waals surface area contributed by atoms with Gasteiger partial charge in [-0.25, -0.2) is 0 Å². The van der Waals surface area contributed by atoms with Gasteiger partial charge in [0.25, 0.3) is 5.91 Å². The predicted molar refractivity (Wildman–Crippen MR) is 114 cm³/mol. The highest BCUT2D eigenvalue weighted by Crippen LogP contribution is 2.37. The van der Waals surface area contributed by atoms with Crippen LogP contribution in [-0.2, 0) is 4.79 Å². The van der Waals surface area contributed by atoms with Crippen LogP contribution >= 0.6 is 32.1 Å². The molecule has 2 heterocycles. The van der Waals surface area contributed by atoms with Crippen molar-refractivity contribution in [2.75, 3.05) is 13.1 Å². The number of amides is 2. The van der Waals surface area contributed by atoms with E-state index < -0.39 is 6.04 Å². The molecule has 3 unspecified atom stereocenters. The zero-order valence-corrected chi connectivity index (χ0v) is 18.0. The second kappa shape index (κ2) is 7.91. The quantitative estimate of drug-likeness (QED) is 0.374. The minimum Gasteiger partial charge on any atom is -0.323 e. The van der Waals surface area contributed by atoms with Crippen LogP contribution in [0.2, 0.25) is 0 Å². The van der Waals surface area contributed by atoms with Crippen molar-refractivity contribution in [2.45, 2.75) is 18.1 Å². The summed E-state index contributed by atoms with van der Waals surface area (Å²) in [5.74, 6) is -0.507. The number of halogens is 1. The van der Waals surface area contributed by atoms with Crippen LogP contribution in [-0.4, -0.2) is 49.1 Å². The molecule has 1 aliphatic heterocycles. The largest absolute Gasteiger partial charge is 0.323 e. The number of carbonyl (C=O) groups excluding carboxylic acids is 2. The molecule has 138 valence electrons. The summed E-state index contributed by atoms with van der Waals surface area (Å²) in [5, 5.41) is 8.98. The normalized spacial score (nSPS) is 21.1. The zero-order chi connectivity index (χ0) is 19.6. The molecule has 0 saturated carbocycles. The summed E-state index contributed by atoms with van der Waals surface area (Å²) in [6.07, 6.45) is 3.21. The molecule has 1 aromatic heterocycles. The van der Waals surface area contributed by atoms with Gasteiger partial charge in [-0.15, -0.1) is 9.24 Å². The highest BCUT2D eigenvalue weighted by molar-refractivity contribution is 14.1. The Morgan fingerprint density at radius 2 is 2.11 bits per heavy atom. The maximum absolute atomic E-state index is 12.9. The minimum absolute atomic E-state index is 0.0884. The fraction of sp³-hybridized carbons (Fsp3) is 0.263. The first-order valence-corrected chi connectivity index (χ1v) is 9.84. The number of likely N-dealkylation sites (tertiary alicyclic amines) is 1. The van der Waals surface area contributed by atoms with E-state index in [9.17, 15) is 14.9 Å². The first-order chi connectivity index (χ1) is 12.8. The van der Waals surface area contributed by atoms with E-state index >= 15 is 0 Å². The molecule has 1 fully saturated rings. The van der Waals surface area contributed by atoms with Crippen LogP contribution in [0, 0.1) is 11.3 Å². The number of carbonyl (C=O) groups is 2. The molecular weight excluding hydrogens is 474 g/mol. The summed E-state index contributed by atoms with van der Waals surface area (Å²) in [4.78, 5) is 31.1. The van der Waals surface area contributed by atoms with E-state index in [0.29, 0.717) is 17.7 Å². The molecule has 0 N–H and O–H groups in total. The van der Waals surface area contributed by atoms with Crippen LogP contribution < -0.4 is 0 Å². The number of pyridine rings is 1. The van der Waals surface area contributed by atoms with E-state index in [0.717, 1.165) is 5.56 Å². The maximum atomic E-state index is 12.9. The molecule has 8 heteroatoms. The third-order valence-electron chi connectivity index (χ3n) is 4.52. The number of nitriles is 1. The average molecular weight is 492 g/mol. The Morgan fingerprint density at radius 3 is 2.74 bits per heavy atom. The van der Waals surface area contributed by atoms with Gasteiger partial charge in [0.1, 0.15) is 12.6 Å². The Kier molecular flexibility index (Phi) is 5.78. The van der Waals surface area contributed by atoms with E-state index in [4.69, 9.17) is 0 Å². The topological polar surface area (TPSA) is 77.3 Å². The van der Waals surface area contributed by atoms with Crippen molar-refractivity contribution in [2.24, 2.45) is 0 Å². The number of hydrogen-bond acceptors (Lipinski definition) is 4. The van der Waals surface area contributed by atoms with Crippen molar-refractivity contribution in [1.82, 2.24) is 13.0 Å². The molecule has 3 atom stereocenters. The summed E-state index contributed by atoms with van der Waals surface area (Å²) >= 11 is 1.85. The van der Waals surface area contributed by atoms with Crippen molar-refractivity contribution >= 4 is 43.9 Å². The van der Waals surface area contributed by atoms with E-state index in [2.05, 4.69) is 20.3 Å². The molecule has 27 heavy (non-hydrogen) atoms. The molecule has 6 nitrogen and oxygen atoms in total. The van der Waals surface area contributed by atoms with Gasteiger partial charge in [-0.05, 0) is 11.6 Å². The minimum atomic E-state index is -0.490. The van der Waals surface area contributed by atoms with E-state index in [1.807, 2.05) is 60.1 Å². The van der Waals surface area contributed by atoms with Gasteiger partial charge in [0.05, 0.1) is 34.5 Å². The molecule has 1 aliphatic rings. The van der Waals surface area contributed by atoms with Gasteiger partial charge in [0, 0.05) is 29.7 Å². The van der Waals surface area contributed by atoms with Crippen molar-refractivity contribution < 1.29 is 9.59 Å². The van der Waals surface area contributed by atoms with E-state index in [1.165, 1.54) is 8.01 Å². The molecule has 1 saturated heterocycles. The number of nitrogens with zero attached hydrogens (tertiary/aromatic N) is 4. The van der Waals surface area contributed by atoms with Gasteiger partial charge < -0.3 is 4.90 Å². The molecule has 0 spiro atoms. The molecule has 2 aromatic rings. The lowest BCUT2D eigenvalue weighted by molar-refractivity contribution is -0.138. The van der Waals surface area contributed by atoms with Crippen molar-refractivity contribution in [3.8, 4) is 17.2 Å². The molecule has 1 aromatic carbocycles.